The van der Waals surface area contributed by atoms with Gasteiger partial charge in [0.15, 0.2) is 0 Å². The summed E-state index contributed by atoms with van der Waals surface area (Å²) >= 11 is 0. The molecule has 0 aliphatic heterocycles. The van der Waals surface area contributed by atoms with Crippen LogP contribution in [0.1, 0.15) is 24.0 Å². The number of nitrogens with zero attached hydrogens (tertiary/aromatic N) is 3. The standard InChI is InChI=1S/C17H24N4O3S/c1-6-24-15-8-7-14(9-12(15)2)25(22,23)18-11-16-19-13(3)10-17(20-16)21(4)5/h7-10,18H,6,11H2,1-5H3. The van der Waals surface area contributed by atoms with E-state index in [0.717, 1.165) is 17.1 Å². The van der Waals surface area contributed by atoms with Gasteiger partial charge in [0.05, 0.1) is 18.0 Å². The summed E-state index contributed by atoms with van der Waals surface area (Å²) in [5.74, 6) is 1.84. The van der Waals surface area contributed by atoms with Crippen molar-refractivity contribution in [1.29, 1.82) is 0 Å². The summed E-state index contributed by atoms with van der Waals surface area (Å²) in [5, 5.41) is 0. The van der Waals surface area contributed by atoms with Gasteiger partial charge < -0.3 is 9.64 Å². The second-order valence-electron chi connectivity index (χ2n) is 5.86. The Morgan fingerprint density at radius 2 is 1.88 bits per heavy atom. The molecule has 1 aromatic carbocycles. The van der Waals surface area contributed by atoms with E-state index in [1.807, 2.05) is 45.8 Å². The van der Waals surface area contributed by atoms with E-state index in [1.165, 1.54) is 6.07 Å². The minimum absolute atomic E-state index is 0.0249. The fourth-order valence-corrected chi connectivity index (χ4v) is 3.33. The van der Waals surface area contributed by atoms with Crippen molar-refractivity contribution in [2.45, 2.75) is 32.2 Å². The molecule has 2 aromatic rings. The number of anilines is 1. The average Bonchev–Trinajstić information content (AvgIpc) is 2.54. The molecule has 0 bridgehead atoms. The van der Waals surface area contributed by atoms with Gasteiger partial charge in [0, 0.05) is 25.9 Å². The lowest BCUT2D eigenvalue weighted by molar-refractivity contribution is 0.337. The van der Waals surface area contributed by atoms with Crippen molar-refractivity contribution in [3.05, 3.63) is 41.3 Å². The molecule has 0 spiro atoms. The van der Waals surface area contributed by atoms with E-state index in [4.69, 9.17) is 4.74 Å². The van der Waals surface area contributed by atoms with E-state index >= 15 is 0 Å². The molecule has 0 atom stereocenters. The second kappa shape index (κ2) is 7.79. The number of sulfonamides is 1. The molecule has 0 saturated heterocycles. The van der Waals surface area contributed by atoms with Crippen LogP contribution in [0.3, 0.4) is 0 Å². The van der Waals surface area contributed by atoms with E-state index in [2.05, 4.69) is 14.7 Å². The Kier molecular flexibility index (Phi) is 5.97. The highest BCUT2D eigenvalue weighted by atomic mass is 32.2. The van der Waals surface area contributed by atoms with Crippen LogP contribution in [0.4, 0.5) is 5.82 Å². The monoisotopic (exact) mass is 364 g/mol. The molecule has 1 N–H and O–H groups in total. The fraction of sp³-hybridized carbons (Fsp3) is 0.412. The van der Waals surface area contributed by atoms with Gasteiger partial charge in [-0.3, -0.25) is 0 Å². The molecule has 136 valence electrons. The summed E-state index contributed by atoms with van der Waals surface area (Å²) in [6.07, 6.45) is 0. The van der Waals surface area contributed by atoms with Gasteiger partial charge in [0.2, 0.25) is 10.0 Å². The topological polar surface area (TPSA) is 84.4 Å². The predicted octanol–water partition coefficient (Wildman–Crippen LogP) is 2.04. The molecule has 7 nitrogen and oxygen atoms in total. The molecule has 0 amide bonds. The second-order valence-corrected chi connectivity index (χ2v) is 7.63. The third-order valence-corrected chi connectivity index (χ3v) is 4.92. The Morgan fingerprint density at radius 1 is 1.16 bits per heavy atom. The Balaban J connectivity index is 2.18. The van der Waals surface area contributed by atoms with Crippen molar-refractivity contribution in [2.75, 3.05) is 25.6 Å². The van der Waals surface area contributed by atoms with Crippen LogP contribution in [0, 0.1) is 13.8 Å². The third kappa shape index (κ3) is 4.90. The van der Waals surface area contributed by atoms with Gasteiger partial charge in [-0.25, -0.2) is 23.1 Å². The molecular weight excluding hydrogens is 340 g/mol. The van der Waals surface area contributed by atoms with Gasteiger partial charge >= 0.3 is 0 Å². The lowest BCUT2D eigenvalue weighted by atomic mass is 10.2. The SMILES string of the molecule is CCOc1ccc(S(=O)(=O)NCc2nc(C)cc(N(C)C)n2)cc1C. The molecule has 0 radical (unpaired) electrons. The first-order valence-electron chi connectivity index (χ1n) is 7.98. The van der Waals surface area contributed by atoms with E-state index in [0.29, 0.717) is 18.2 Å². The highest BCUT2D eigenvalue weighted by Gasteiger charge is 2.16. The zero-order valence-corrected chi connectivity index (χ0v) is 16.0. The minimum atomic E-state index is -3.66. The fourth-order valence-electron chi connectivity index (χ4n) is 2.27. The van der Waals surface area contributed by atoms with Gasteiger partial charge in [-0.05, 0) is 44.5 Å². The Bertz CT molecular complexity index is 851. The van der Waals surface area contributed by atoms with Crippen LogP contribution in [0.15, 0.2) is 29.2 Å². The van der Waals surface area contributed by atoms with E-state index in [1.54, 1.807) is 12.1 Å². The molecule has 1 aromatic heterocycles. The summed E-state index contributed by atoms with van der Waals surface area (Å²) < 4.78 is 33.0. The number of hydrogen-bond acceptors (Lipinski definition) is 6. The average molecular weight is 364 g/mol. The summed E-state index contributed by atoms with van der Waals surface area (Å²) in [6.45, 7) is 6.11. The van der Waals surface area contributed by atoms with Gasteiger partial charge in [-0.15, -0.1) is 0 Å². The van der Waals surface area contributed by atoms with Gasteiger partial charge in [0.1, 0.15) is 17.4 Å². The van der Waals surface area contributed by atoms with Crippen LogP contribution in [0.2, 0.25) is 0 Å². The number of rotatable bonds is 7. The van der Waals surface area contributed by atoms with Crippen LogP contribution in [0.5, 0.6) is 5.75 Å². The quantitative estimate of drug-likeness (QED) is 0.809. The molecule has 0 saturated carbocycles. The Labute approximate surface area is 149 Å². The predicted molar refractivity (Wildman–Crippen MR) is 97.5 cm³/mol. The molecule has 2 rings (SSSR count). The maximum atomic E-state index is 12.5. The molecule has 1 heterocycles. The number of ether oxygens (including phenoxy) is 1. The maximum Gasteiger partial charge on any atom is 0.240 e. The smallest absolute Gasteiger partial charge is 0.240 e. The van der Waals surface area contributed by atoms with Crippen LogP contribution < -0.4 is 14.4 Å². The van der Waals surface area contributed by atoms with Crippen molar-refractivity contribution >= 4 is 15.8 Å². The molecule has 25 heavy (non-hydrogen) atoms. The minimum Gasteiger partial charge on any atom is -0.494 e. The Hall–Kier alpha value is -2.19. The summed E-state index contributed by atoms with van der Waals surface area (Å²) in [7, 11) is 0.0891. The highest BCUT2D eigenvalue weighted by Crippen LogP contribution is 2.22. The van der Waals surface area contributed by atoms with Crippen LogP contribution in [-0.4, -0.2) is 39.1 Å². The largest absolute Gasteiger partial charge is 0.494 e. The molecular formula is C17H24N4O3S. The van der Waals surface area contributed by atoms with Crippen molar-refractivity contribution in [3.63, 3.8) is 0 Å². The van der Waals surface area contributed by atoms with Crippen LogP contribution in [0.25, 0.3) is 0 Å². The van der Waals surface area contributed by atoms with E-state index in [-0.39, 0.29) is 11.4 Å². The Morgan fingerprint density at radius 3 is 2.48 bits per heavy atom. The zero-order chi connectivity index (χ0) is 18.6. The first-order valence-corrected chi connectivity index (χ1v) is 9.46. The number of aryl methyl sites for hydroxylation is 2. The molecule has 0 aliphatic rings. The molecule has 0 fully saturated rings. The van der Waals surface area contributed by atoms with Gasteiger partial charge in [-0.1, -0.05) is 0 Å². The summed E-state index contributed by atoms with van der Waals surface area (Å²) in [4.78, 5) is 10.7. The normalized spacial score (nSPS) is 11.4. The van der Waals surface area contributed by atoms with Crippen molar-refractivity contribution in [3.8, 4) is 5.75 Å². The summed E-state index contributed by atoms with van der Waals surface area (Å²) in [5.41, 5.74) is 1.55. The van der Waals surface area contributed by atoms with E-state index in [9.17, 15) is 8.42 Å². The lowest BCUT2D eigenvalue weighted by Gasteiger charge is -2.14. The molecule has 0 unspecified atom stereocenters. The zero-order valence-electron chi connectivity index (χ0n) is 15.2. The highest BCUT2D eigenvalue weighted by molar-refractivity contribution is 7.89. The van der Waals surface area contributed by atoms with Crippen LogP contribution in [-0.2, 0) is 16.6 Å². The van der Waals surface area contributed by atoms with Crippen molar-refractivity contribution < 1.29 is 13.2 Å². The van der Waals surface area contributed by atoms with Crippen molar-refractivity contribution in [2.24, 2.45) is 0 Å². The maximum absolute atomic E-state index is 12.5. The first-order chi connectivity index (χ1) is 11.7. The van der Waals surface area contributed by atoms with Gasteiger partial charge in [0.25, 0.3) is 0 Å². The van der Waals surface area contributed by atoms with Gasteiger partial charge in [-0.2, -0.15) is 0 Å². The number of benzene rings is 1. The number of hydrogen-bond donors (Lipinski definition) is 1. The molecule has 0 aliphatic carbocycles. The number of nitrogens with one attached hydrogen (secondary N) is 1. The van der Waals surface area contributed by atoms with Crippen molar-refractivity contribution in [1.82, 2.24) is 14.7 Å². The summed E-state index contributed by atoms with van der Waals surface area (Å²) in [6, 6.07) is 6.63. The molecule has 8 heteroatoms. The lowest BCUT2D eigenvalue weighted by Crippen LogP contribution is -2.25. The van der Waals surface area contributed by atoms with E-state index < -0.39 is 10.0 Å². The van der Waals surface area contributed by atoms with Crippen LogP contribution >= 0.6 is 0 Å². The first kappa shape index (κ1) is 19.1. The number of aromatic nitrogens is 2. The third-order valence-electron chi connectivity index (χ3n) is 3.52.